The molecule has 1 heterocycles. The Hall–Kier alpha value is -2.08. The van der Waals surface area contributed by atoms with Crippen LogP contribution in [0, 0.1) is 6.92 Å². The Kier molecular flexibility index (Phi) is 4.57. The molecule has 2 amide bonds. The zero-order valence-electron chi connectivity index (χ0n) is 11.1. The number of nitrogens with one attached hydrogen (secondary N) is 2. The molecule has 0 radical (unpaired) electrons. The van der Waals surface area contributed by atoms with Crippen molar-refractivity contribution in [2.24, 2.45) is 0 Å². The average molecular weight is 336 g/mol. The predicted molar refractivity (Wildman–Crippen MR) is 82.3 cm³/mol. The second-order valence-electron chi connectivity index (χ2n) is 4.13. The molecule has 6 heteroatoms. The van der Waals surface area contributed by atoms with E-state index in [1.807, 2.05) is 19.1 Å². The summed E-state index contributed by atoms with van der Waals surface area (Å²) in [6, 6.07) is 8.66. The minimum atomic E-state index is -0.351. The number of benzene rings is 1. The van der Waals surface area contributed by atoms with Crippen molar-refractivity contribution in [3.8, 4) is 5.75 Å². The summed E-state index contributed by atoms with van der Waals surface area (Å²) >= 11 is 3.33. The van der Waals surface area contributed by atoms with E-state index in [-0.39, 0.29) is 6.03 Å². The first-order valence-corrected chi connectivity index (χ1v) is 6.72. The molecule has 20 heavy (non-hydrogen) atoms. The smallest absolute Gasteiger partial charge is 0.324 e. The number of amides is 2. The van der Waals surface area contributed by atoms with E-state index in [0.717, 1.165) is 10.0 Å². The van der Waals surface area contributed by atoms with Crippen LogP contribution >= 0.6 is 15.9 Å². The molecule has 2 N–H and O–H groups in total. The number of hydrogen-bond donors (Lipinski definition) is 2. The van der Waals surface area contributed by atoms with Crippen molar-refractivity contribution in [2.45, 2.75) is 6.92 Å². The topological polar surface area (TPSA) is 63.2 Å². The summed E-state index contributed by atoms with van der Waals surface area (Å²) in [5, 5.41) is 5.43. The zero-order chi connectivity index (χ0) is 14.5. The number of aromatic nitrogens is 1. The quantitative estimate of drug-likeness (QED) is 0.896. The summed E-state index contributed by atoms with van der Waals surface area (Å²) in [6.07, 6.45) is 1.63. The zero-order valence-corrected chi connectivity index (χ0v) is 12.7. The number of pyridine rings is 1. The van der Waals surface area contributed by atoms with Gasteiger partial charge in [-0.05, 0) is 46.6 Å². The Morgan fingerprint density at radius 2 is 2.10 bits per heavy atom. The Morgan fingerprint density at radius 1 is 1.30 bits per heavy atom. The molecule has 0 unspecified atom stereocenters. The maximum absolute atomic E-state index is 11.9. The minimum Gasteiger partial charge on any atom is -0.497 e. The lowest BCUT2D eigenvalue weighted by atomic mass is 10.3. The van der Waals surface area contributed by atoms with Gasteiger partial charge in [0.1, 0.15) is 11.6 Å². The third-order valence-corrected chi connectivity index (χ3v) is 3.04. The maximum atomic E-state index is 11.9. The molecule has 0 fully saturated rings. The second kappa shape index (κ2) is 6.38. The van der Waals surface area contributed by atoms with Gasteiger partial charge in [-0.2, -0.15) is 0 Å². The van der Waals surface area contributed by atoms with Gasteiger partial charge in [0.2, 0.25) is 0 Å². The van der Waals surface area contributed by atoms with E-state index >= 15 is 0 Å². The maximum Gasteiger partial charge on any atom is 0.324 e. The number of carbonyl (C=O) groups excluding carboxylic acids is 1. The number of rotatable bonds is 3. The molecule has 0 aliphatic rings. The number of methoxy groups -OCH3 is 1. The molecular weight excluding hydrogens is 322 g/mol. The standard InChI is InChI=1S/C14H14BrN3O2/c1-9-6-10(15)8-16-13(9)18-14(19)17-11-4-3-5-12(7-11)20-2/h3-8H,1-2H3,(H2,16,17,18,19). The lowest BCUT2D eigenvalue weighted by molar-refractivity contribution is 0.262. The van der Waals surface area contributed by atoms with Crippen LogP contribution in [0.2, 0.25) is 0 Å². The van der Waals surface area contributed by atoms with Gasteiger partial charge in [0.15, 0.2) is 0 Å². The third-order valence-electron chi connectivity index (χ3n) is 2.60. The largest absolute Gasteiger partial charge is 0.497 e. The van der Waals surface area contributed by atoms with E-state index in [2.05, 4.69) is 31.5 Å². The van der Waals surface area contributed by atoms with Gasteiger partial charge in [0, 0.05) is 22.4 Å². The number of ether oxygens (including phenoxy) is 1. The van der Waals surface area contributed by atoms with Crippen LogP contribution in [0.4, 0.5) is 16.3 Å². The molecular formula is C14H14BrN3O2. The molecule has 0 atom stereocenters. The first kappa shape index (κ1) is 14.3. The number of urea groups is 1. The third kappa shape index (κ3) is 3.71. The highest BCUT2D eigenvalue weighted by Gasteiger charge is 2.07. The number of carbonyl (C=O) groups is 1. The Bertz CT molecular complexity index is 632. The SMILES string of the molecule is COc1cccc(NC(=O)Nc2ncc(Br)cc2C)c1. The van der Waals surface area contributed by atoms with Gasteiger partial charge in [-0.1, -0.05) is 6.07 Å². The van der Waals surface area contributed by atoms with Crippen molar-refractivity contribution >= 4 is 33.5 Å². The van der Waals surface area contributed by atoms with Gasteiger partial charge < -0.3 is 10.1 Å². The predicted octanol–water partition coefficient (Wildman–Crippen LogP) is 3.81. The first-order chi connectivity index (χ1) is 9.58. The van der Waals surface area contributed by atoms with E-state index < -0.39 is 0 Å². The summed E-state index contributed by atoms with van der Waals surface area (Å²) in [5.41, 5.74) is 1.52. The fraction of sp³-hybridized carbons (Fsp3) is 0.143. The van der Waals surface area contributed by atoms with Crippen LogP contribution in [-0.2, 0) is 0 Å². The van der Waals surface area contributed by atoms with Crippen LogP contribution in [0.5, 0.6) is 5.75 Å². The summed E-state index contributed by atoms with van der Waals surface area (Å²) in [4.78, 5) is 16.1. The van der Waals surface area contributed by atoms with Gasteiger partial charge in [0.25, 0.3) is 0 Å². The van der Waals surface area contributed by atoms with Crippen LogP contribution < -0.4 is 15.4 Å². The monoisotopic (exact) mass is 335 g/mol. The summed E-state index contributed by atoms with van der Waals surface area (Å²) < 4.78 is 5.97. The van der Waals surface area contributed by atoms with Crippen molar-refractivity contribution in [3.05, 3.63) is 46.6 Å². The van der Waals surface area contributed by atoms with Crippen molar-refractivity contribution in [3.63, 3.8) is 0 Å². The Balaban J connectivity index is 2.05. The highest BCUT2D eigenvalue weighted by atomic mass is 79.9. The summed E-state index contributed by atoms with van der Waals surface area (Å²) in [5.74, 6) is 1.20. The molecule has 0 saturated carbocycles. The number of anilines is 2. The molecule has 1 aromatic carbocycles. The number of nitrogens with zero attached hydrogens (tertiary/aromatic N) is 1. The molecule has 104 valence electrons. The van der Waals surface area contributed by atoms with E-state index in [1.165, 1.54) is 0 Å². The van der Waals surface area contributed by atoms with Gasteiger partial charge in [-0.15, -0.1) is 0 Å². The van der Waals surface area contributed by atoms with Crippen molar-refractivity contribution in [2.75, 3.05) is 17.7 Å². The van der Waals surface area contributed by atoms with E-state index in [9.17, 15) is 4.79 Å². The normalized spacial score (nSPS) is 9.95. The van der Waals surface area contributed by atoms with Gasteiger partial charge >= 0.3 is 6.03 Å². The molecule has 0 bridgehead atoms. The lowest BCUT2D eigenvalue weighted by Crippen LogP contribution is -2.20. The fourth-order valence-corrected chi connectivity index (χ4v) is 2.09. The van der Waals surface area contributed by atoms with Crippen molar-refractivity contribution in [1.82, 2.24) is 4.98 Å². The van der Waals surface area contributed by atoms with Gasteiger partial charge in [-0.25, -0.2) is 9.78 Å². The Labute approximate surface area is 125 Å². The van der Waals surface area contributed by atoms with Crippen LogP contribution in [0.1, 0.15) is 5.56 Å². The summed E-state index contributed by atoms with van der Waals surface area (Å²) in [6.45, 7) is 1.87. The van der Waals surface area contributed by atoms with Crippen LogP contribution in [0.3, 0.4) is 0 Å². The lowest BCUT2D eigenvalue weighted by Gasteiger charge is -2.10. The van der Waals surface area contributed by atoms with E-state index in [4.69, 9.17) is 4.74 Å². The molecule has 1 aromatic heterocycles. The highest BCUT2D eigenvalue weighted by molar-refractivity contribution is 9.10. The first-order valence-electron chi connectivity index (χ1n) is 5.92. The average Bonchev–Trinajstić information content (AvgIpc) is 2.42. The molecule has 0 saturated heterocycles. The minimum absolute atomic E-state index is 0.351. The Morgan fingerprint density at radius 3 is 2.80 bits per heavy atom. The molecule has 2 rings (SSSR count). The molecule has 2 aromatic rings. The van der Waals surface area contributed by atoms with Crippen molar-refractivity contribution < 1.29 is 9.53 Å². The number of halogens is 1. The molecule has 0 aliphatic carbocycles. The highest BCUT2D eigenvalue weighted by Crippen LogP contribution is 2.19. The fourth-order valence-electron chi connectivity index (χ4n) is 1.64. The van der Waals surface area contributed by atoms with E-state index in [1.54, 1.807) is 31.5 Å². The van der Waals surface area contributed by atoms with Gasteiger partial charge in [-0.3, -0.25) is 5.32 Å². The number of hydrogen-bond acceptors (Lipinski definition) is 3. The second-order valence-corrected chi connectivity index (χ2v) is 5.05. The molecule has 0 aliphatic heterocycles. The molecule has 0 spiro atoms. The van der Waals surface area contributed by atoms with Crippen molar-refractivity contribution in [1.29, 1.82) is 0 Å². The summed E-state index contributed by atoms with van der Waals surface area (Å²) in [7, 11) is 1.58. The van der Waals surface area contributed by atoms with Gasteiger partial charge in [0.05, 0.1) is 7.11 Å². The van der Waals surface area contributed by atoms with E-state index in [0.29, 0.717) is 17.3 Å². The molecule has 5 nitrogen and oxygen atoms in total. The van der Waals surface area contributed by atoms with Crippen LogP contribution in [0.15, 0.2) is 41.0 Å². The van der Waals surface area contributed by atoms with Crippen LogP contribution in [0.25, 0.3) is 0 Å². The van der Waals surface area contributed by atoms with Crippen LogP contribution in [-0.4, -0.2) is 18.1 Å². The number of aryl methyl sites for hydroxylation is 1.